The Labute approximate surface area is 184 Å². The van der Waals surface area contributed by atoms with Gasteiger partial charge in [0.15, 0.2) is 0 Å². The molecule has 0 aliphatic carbocycles. The molecule has 0 atom stereocenters. The van der Waals surface area contributed by atoms with Crippen molar-refractivity contribution in [3.8, 4) is 0 Å². The van der Waals surface area contributed by atoms with Crippen LogP contribution in [0.15, 0.2) is 61.7 Å². The average molecular weight is 422 g/mol. The summed E-state index contributed by atoms with van der Waals surface area (Å²) < 4.78 is 0. The van der Waals surface area contributed by atoms with Gasteiger partial charge in [0.1, 0.15) is 0 Å². The number of benzene rings is 2. The number of para-hydroxylation sites is 2. The van der Waals surface area contributed by atoms with Gasteiger partial charge in [-0.25, -0.2) is 0 Å². The highest BCUT2D eigenvalue weighted by molar-refractivity contribution is 6.37. The second-order valence-corrected chi connectivity index (χ2v) is 8.36. The lowest BCUT2D eigenvalue weighted by atomic mass is 10.00. The number of aromatic amines is 2. The standard InChI is InChI=1S/C26H22N4O2/c1-15-23-19(17-7-3-5-9-21(17)27-23)11-13-29(15)25(31)26(32)30-14-12-20-18-8-4-6-10-22(18)28-24(20)16(30)2/h3-10,27-28H,1-2,11-14H2. The minimum absolute atomic E-state index is 0.427. The molecule has 2 aromatic heterocycles. The third kappa shape index (κ3) is 2.52. The number of carbonyl (C=O) groups excluding carboxylic acids is 2. The molecule has 2 aliphatic heterocycles. The van der Waals surface area contributed by atoms with Gasteiger partial charge < -0.3 is 19.8 Å². The largest absolute Gasteiger partial charge is 0.353 e. The van der Waals surface area contributed by atoms with E-state index in [9.17, 15) is 9.59 Å². The van der Waals surface area contributed by atoms with Crippen molar-refractivity contribution in [2.24, 2.45) is 0 Å². The van der Waals surface area contributed by atoms with Crippen LogP contribution in [0.1, 0.15) is 22.5 Å². The molecule has 2 N–H and O–H groups in total. The fourth-order valence-corrected chi connectivity index (χ4v) is 5.08. The van der Waals surface area contributed by atoms with Crippen molar-refractivity contribution in [2.45, 2.75) is 12.8 Å². The molecule has 0 saturated heterocycles. The van der Waals surface area contributed by atoms with E-state index in [1.165, 1.54) is 9.80 Å². The lowest BCUT2D eigenvalue weighted by Gasteiger charge is -2.33. The van der Waals surface area contributed by atoms with E-state index in [4.69, 9.17) is 0 Å². The van der Waals surface area contributed by atoms with E-state index in [0.29, 0.717) is 37.3 Å². The molecule has 0 unspecified atom stereocenters. The van der Waals surface area contributed by atoms with Gasteiger partial charge in [-0.1, -0.05) is 49.6 Å². The lowest BCUT2D eigenvalue weighted by Crippen LogP contribution is -2.47. The molecule has 6 heteroatoms. The van der Waals surface area contributed by atoms with Gasteiger partial charge in [-0.15, -0.1) is 0 Å². The Morgan fingerprint density at radius 2 is 1.09 bits per heavy atom. The first-order valence-corrected chi connectivity index (χ1v) is 10.8. The number of nitrogens with zero attached hydrogens (tertiary/aromatic N) is 2. The Morgan fingerprint density at radius 1 is 0.688 bits per heavy atom. The third-order valence-electron chi connectivity index (χ3n) is 6.70. The van der Waals surface area contributed by atoms with Crippen molar-refractivity contribution < 1.29 is 9.59 Å². The van der Waals surface area contributed by atoms with Gasteiger partial charge in [0.2, 0.25) is 0 Å². The predicted molar refractivity (Wildman–Crippen MR) is 125 cm³/mol. The van der Waals surface area contributed by atoms with Gasteiger partial charge in [0, 0.05) is 34.9 Å². The molecule has 6 rings (SSSR count). The van der Waals surface area contributed by atoms with E-state index < -0.39 is 11.8 Å². The molecule has 4 aromatic rings. The molecule has 0 radical (unpaired) electrons. The number of fused-ring (bicyclic) bond motifs is 6. The molecule has 6 nitrogen and oxygen atoms in total. The van der Waals surface area contributed by atoms with E-state index in [2.05, 4.69) is 35.3 Å². The highest BCUT2D eigenvalue weighted by atomic mass is 16.2. The maximum atomic E-state index is 13.3. The first-order valence-electron chi connectivity index (χ1n) is 10.8. The minimum Gasteiger partial charge on any atom is -0.353 e. The molecule has 2 aliphatic rings. The molecule has 0 fully saturated rings. The number of nitrogens with one attached hydrogen (secondary N) is 2. The fraction of sp³-hybridized carbons (Fsp3) is 0.154. The molecule has 0 saturated carbocycles. The summed E-state index contributed by atoms with van der Waals surface area (Å²) in [6.07, 6.45) is 1.34. The molecule has 0 bridgehead atoms. The number of aromatic nitrogens is 2. The van der Waals surface area contributed by atoms with E-state index in [1.54, 1.807) is 0 Å². The van der Waals surface area contributed by atoms with Crippen LogP contribution < -0.4 is 0 Å². The van der Waals surface area contributed by atoms with Gasteiger partial charge in [0.25, 0.3) is 0 Å². The summed E-state index contributed by atoms with van der Waals surface area (Å²) in [6, 6.07) is 16.1. The van der Waals surface area contributed by atoms with Gasteiger partial charge >= 0.3 is 11.8 Å². The Balaban J connectivity index is 1.29. The van der Waals surface area contributed by atoms with E-state index in [0.717, 1.165) is 44.3 Å². The molecule has 2 amide bonds. The van der Waals surface area contributed by atoms with E-state index in [-0.39, 0.29) is 0 Å². The van der Waals surface area contributed by atoms with Gasteiger partial charge in [-0.3, -0.25) is 9.59 Å². The van der Waals surface area contributed by atoms with Gasteiger partial charge in [0.05, 0.1) is 22.8 Å². The fourth-order valence-electron chi connectivity index (χ4n) is 5.08. The Bertz CT molecular complexity index is 1360. The molecular weight excluding hydrogens is 400 g/mol. The SMILES string of the molecule is C=C1c2[nH]c3ccccc3c2CCN1C(=O)C(=O)N1CCc2c([nH]c3ccccc23)C1=C. The van der Waals surface area contributed by atoms with Crippen LogP contribution in [-0.4, -0.2) is 44.7 Å². The number of H-pyrrole nitrogens is 2. The zero-order valence-electron chi connectivity index (χ0n) is 17.6. The summed E-state index contributed by atoms with van der Waals surface area (Å²) in [5, 5.41) is 2.27. The summed E-state index contributed by atoms with van der Waals surface area (Å²) in [4.78, 5) is 36.3. The smallest absolute Gasteiger partial charge is 0.316 e. The Hall–Kier alpha value is -4.06. The molecular formula is C26H22N4O2. The minimum atomic E-state index is -0.569. The van der Waals surface area contributed by atoms with Crippen molar-refractivity contribution in [3.05, 3.63) is 84.2 Å². The van der Waals surface area contributed by atoms with E-state index >= 15 is 0 Å². The summed E-state index contributed by atoms with van der Waals surface area (Å²) in [7, 11) is 0. The number of rotatable bonds is 0. The van der Waals surface area contributed by atoms with Crippen LogP contribution in [0.25, 0.3) is 33.2 Å². The number of amides is 2. The summed E-state index contributed by atoms with van der Waals surface area (Å²) in [5.74, 6) is -1.14. The highest BCUT2D eigenvalue weighted by Gasteiger charge is 2.36. The highest BCUT2D eigenvalue weighted by Crippen LogP contribution is 2.35. The van der Waals surface area contributed by atoms with E-state index in [1.807, 2.05) is 36.4 Å². The first kappa shape index (κ1) is 18.7. The monoisotopic (exact) mass is 422 g/mol. The zero-order valence-corrected chi connectivity index (χ0v) is 17.6. The van der Waals surface area contributed by atoms with Crippen molar-refractivity contribution in [1.29, 1.82) is 0 Å². The van der Waals surface area contributed by atoms with Crippen molar-refractivity contribution in [3.63, 3.8) is 0 Å². The van der Waals surface area contributed by atoms with Crippen LogP contribution in [-0.2, 0) is 22.4 Å². The van der Waals surface area contributed by atoms with Crippen molar-refractivity contribution >= 4 is 45.0 Å². The van der Waals surface area contributed by atoms with Gasteiger partial charge in [-0.05, 0) is 36.1 Å². The molecule has 4 heterocycles. The number of carbonyl (C=O) groups is 2. The topological polar surface area (TPSA) is 72.2 Å². The summed E-state index contributed by atoms with van der Waals surface area (Å²) >= 11 is 0. The van der Waals surface area contributed by atoms with Crippen LogP contribution >= 0.6 is 0 Å². The zero-order chi connectivity index (χ0) is 22.0. The van der Waals surface area contributed by atoms with Crippen LogP contribution in [0.4, 0.5) is 0 Å². The van der Waals surface area contributed by atoms with Gasteiger partial charge in [-0.2, -0.15) is 0 Å². The maximum Gasteiger partial charge on any atom is 0.316 e. The number of hydrogen-bond acceptors (Lipinski definition) is 2. The maximum absolute atomic E-state index is 13.3. The predicted octanol–water partition coefficient (Wildman–Crippen LogP) is 4.06. The second-order valence-electron chi connectivity index (χ2n) is 8.36. The molecule has 32 heavy (non-hydrogen) atoms. The van der Waals surface area contributed by atoms with Crippen LogP contribution in [0.2, 0.25) is 0 Å². The second kappa shape index (κ2) is 6.72. The molecule has 158 valence electrons. The quantitative estimate of drug-likeness (QED) is 0.420. The molecule has 2 aromatic carbocycles. The Kier molecular flexibility index (Phi) is 3.92. The Morgan fingerprint density at radius 3 is 1.53 bits per heavy atom. The average Bonchev–Trinajstić information content (AvgIpc) is 3.38. The summed E-state index contributed by atoms with van der Waals surface area (Å²) in [6.45, 7) is 9.13. The van der Waals surface area contributed by atoms with Crippen LogP contribution in [0.3, 0.4) is 0 Å². The van der Waals surface area contributed by atoms with Crippen LogP contribution in [0.5, 0.6) is 0 Å². The molecule has 0 spiro atoms. The van der Waals surface area contributed by atoms with Crippen LogP contribution in [0, 0.1) is 0 Å². The first-order chi connectivity index (χ1) is 15.5. The number of hydrogen-bond donors (Lipinski definition) is 2. The normalized spacial score (nSPS) is 15.9. The third-order valence-corrected chi connectivity index (χ3v) is 6.70. The lowest BCUT2D eigenvalue weighted by molar-refractivity contribution is -0.148. The van der Waals surface area contributed by atoms with Crippen molar-refractivity contribution in [2.75, 3.05) is 13.1 Å². The summed E-state index contributed by atoms with van der Waals surface area (Å²) in [5.41, 5.74) is 7.04. The van der Waals surface area contributed by atoms with Crippen molar-refractivity contribution in [1.82, 2.24) is 19.8 Å².